The molecule has 1 aromatic rings. The van der Waals surface area contributed by atoms with Gasteiger partial charge >= 0.3 is 5.97 Å². The van der Waals surface area contributed by atoms with Gasteiger partial charge in [0.15, 0.2) is 0 Å². The number of aryl methyl sites for hydroxylation is 1. The van der Waals surface area contributed by atoms with Crippen LogP contribution in [0.15, 0.2) is 6.07 Å². The summed E-state index contributed by atoms with van der Waals surface area (Å²) < 4.78 is 0. The van der Waals surface area contributed by atoms with Crippen LogP contribution in [0.1, 0.15) is 23.0 Å². The summed E-state index contributed by atoms with van der Waals surface area (Å²) in [6.45, 7) is 1.93. The maximum Gasteiger partial charge on any atom is 0.339 e. The minimum Gasteiger partial charge on any atom is -0.478 e. The van der Waals surface area contributed by atoms with Crippen molar-refractivity contribution in [1.29, 1.82) is 0 Å². The monoisotopic (exact) mass is 154 g/mol. The van der Waals surface area contributed by atoms with Crippen molar-refractivity contribution >= 4 is 11.8 Å². The van der Waals surface area contributed by atoms with Crippen LogP contribution in [0.25, 0.3) is 0 Å². The van der Waals surface area contributed by atoms with Crippen LogP contribution in [-0.4, -0.2) is 16.1 Å². The number of nitrogens with one attached hydrogen (secondary N) is 1. The number of H-pyrrole nitrogens is 1. The van der Waals surface area contributed by atoms with E-state index in [1.54, 1.807) is 6.07 Å². The maximum absolute atomic E-state index is 10.5. The summed E-state index contributed by atoms with van der Waals surface area (Å²) in [4.78, 5) is 13.2. The molecule has 1 aromatic heterocycles. The number of anilines is 1. The van der Waals surface area contributed by atoms with E-state index in [1.165, 1.54) is 0 Å². The van der Waals surface area contributed by atoms with Gasteiger partial charge in [0.2, 0.25) is 0 Å². The molecule has 0 atom stereocenters. The SMILES string of the molecule is CCc1cc(C(=O)O)c(N)[nH]1. The summed E-state index contributed by atoms with van der Waals surface area (Å²) in [6, 6.07) is 1.55. The lowest BCUT2D eigenvalue weighted by atomic mass is 10.3. The Morgan fingerprint density at radius 1 is 1.82 bits per heavy atom. The van der Waals surface area contributed by atoms with Crippen LogP contribution in [0, 0.1) is 0 Å². The van der Waals surface area contributed by atoms with Gasteiger partial charge in [0.25, 0.3) is 0 Å². The Bertz CT molecular complexity index is 278. The highest BCUT2D eigenvalue weighted by Gasteiger charge is 2.10. The molecule has 0 bridgehead atoms. The Morgan fingerprint density at radius 3 is 2.73 bits per heavy atom. The average Bonchev–Trinajstić information content (AvgIpc) is 2.30. The molecular formula is C7H10N2O2. The first-order valence-electron chi connectivity index (χ1n) is 3.35. The summed E-state index contributed by atoms with van der Waals surface area (Å²) in [5, 5.41) is 8.57. The Labute approximate surface area is 64.0 Å². The molecule has 60 valence electrons. The van der Waals surface area contributed by atoms with Crippen LogP contribution >= 0.6 is 0 Å². The highest BCUT2D eigenvalue weighted by Crippen LogP contribution is 2.12. The second kappa shape index (κ2) is 2.65. The third kappa shape index (κ3) is 1.34. The van der Waals surface area contributed by atoms with Gasteiger partial charge in [0.1, 0.15) is 11.4 Å². The van der Waals surface area contributed by atoms with Gasteiger partial charge in [-0.05, 0) is 12.5 Å². The van der Waals surface area contributed by atoms with Gasteiger partial charge in [0, 0.05) is 5.69 Å². The topological polar surface area (TPSA) is 79.1 Å². The Kier molecular flexibility index (Phi) is 1.85. The minimum absolute atomic E-state index is 0.154. The largest absolute Gasteiger partial charge is 0.478 e. The number of carboxylic acid groups (broad SMARTS) is 1. The zero-order valence-corrected chi connectivity index (χ0v) is 6.22. The molecular weight excluding hydrogens is 144 g/mol. The summed E-state index contributed by atoms with van der Waals surface area (Å²) >= 11 is 0. The zero-order chi connectivity index (χ0) is 8.43. The summed E-state index contributed by atoms with van der Waals surface area (Å²) in [5.74, 6) is -0.757. The van der Waals surface area contributed by atoms with Crippen molar-refractivity contribution < 1.29 is 9.90 Å². The number of nitrogens with two attached hydrogens (primary N) is 1. The van der Waals surface area contributed by atoms with Gasteiger partial charge in [-0.3, -0.25) is 0 Å². The molecule has 0 unspecified atom stereocenters. The molecule has 0 saturated heterocycles. The van der Waals surface area contributed by atoms with Gasteiger partial charge in [-0.25, -0.2) is 4.79 Å². The number of hydrogen-bond donors (Lipinski definition) is 3. The van der Waals surface area contributed by atoms with Gasteiger partial charge in [0.05, 0.1) is 0 Å². The fraction of sp³-hybridized carbons (Fsp3) is 0.286. The average molecular weight is 154 g/mol. The lowest BCUT2D eigenvalue weighted by molar-refractivity contribution is 0.0698. The first kappa shape index (κ1) is 7.65. The summed E-state index contributed by atoms with van der Waals surface area (Å²) in [5.41, 5.74) is 6.38. The van der Waals surface area contributed by atoms with E-state index < -0.39 is 5.97 Å². The van der Waals surface area contributed by atoms with Gasteiger partial charge in [-0.2, -0.15) is 0 Å². The third-order valence-corrected chi connectivity index (χ3v) is 1.52. The van der Waals surface area contributed by atoms with Crippen molar-refractivity contribution in [2.75, 3.05) is 5.73 Å². The van der Waals surface area contributed by atoms with E-state index in [-0.39, 0.29) is 11.4 Å². The van der Waals surface area contributed by atoms with Crippen LogP contribution in [0.5, 0.6) is 0 Å². The highest BCUT2D eigenvalue weighted by atomic mass is 16.4. The van der Waals surface area contributed by atoms with Gasteiger partial charge < -0.3 is 15.8 Å². The normalized spacial score (nSPS) is 9.91. The number of nitrogen functional groups attached to an aromatic ring is 1. The second-order valence-corrected chi connectivity index (χ2v) is 2.28. The van der Waals surface area contributed by atoms with Crippen molar-refractivity contribution in [3.63, 3.8) is 0 Å². The molecule has 1 heterocycles. The number of aromatic carboxylic acids is 1. The van der Waals surface area contributed by atoms with E-state index in [0.29, 0.717) is 0 Å². The van der Waals surface area contributed by atoms with Crippen LogP contribution in [0.4, 0.5) is 5.82 Å². The van der Waals surface area contributed by atoms with E-state index in [1.807, 2.05) is 6.92 Å². The Balaban J connectivity index is 3.07. The van der Waals surface area contributed by atoms with Crippen molar-refractivity contribution in [2.24, 2.45) is 0 Å². The second-order valence-electron chi connectivity index (χ2n) is 2.28. The molecule has 0 spiro atoms. The number of carboxylic acids is 1. The smallest absolute Gasteiger partial charge is 0.339 e. The van der Waals surface area contributed by atoms with E-state index in [0.717, 1.165) is 12.1 Å². The van der Waals surface area contributed by atoms with E-state index >= 15 is 0 Å². The predicted octanol–water partition coefficient (Wildman–Crippen LogP) is 0.857. The fourth-order valence-electron chi connectivity index (χ4n) is 0.896. The van der Waals surface area contributed by atoms with Crippen molar-refractivity contribution in [2.45, 2.75) is 13.3 Å². The molecule has 11 heavy (non-hydrogen) atoms. The highest BCUT2D eigenvalue weighted by molar-refractivity contribution is 5.93. The molecule has 0 aliphatic rings. The summed E-state index contributed by atoms with van der Waals surface area (Å²) in [7, 11) is 0. The predicted molar refractivity (Wildman–Crippen MR) is 41.5 cm³/mol. The van der Waals surface area contributed by atoms with E-state index in [2.05, 4.69) is 4.98 Å². The Morgan fingerprint density at radius 2 is 2.45 bits per heavy atom. The third-order valence-electron chi connectivity index (χ3n) is 1.52. The molecule has 0 aliphatic carbocycles. The first-order chi connectivity index (χ1) is 5.15. The number of hydrogen-bond acceptors (Lipinski definition) is 2. The molecule has 1 rings (SSSR count). The molecule has 4 nitrogen and oxygen atoms in total. The molecule has 0 aliphatic heterocycles. The maximum atomic E-state index is 10.5. The number of aromatic amines is 1. The first-order valence-corrected chi connectivity index (χ1v) is 3.35. The van der Waals surface area contributed by atoms with E-state index in [9.17, 15) is 4.79 Å². The molecule has 4 N–H and O–H groups in total. The minimum atomic E-state index is -0.988. The van der Waals surface area contributed by atoms with E-state index in [4.69, 9.17) is 10.8 Å². The Hall–Kier alpha value is -1.45. The van der Waals surface area contributed by atoms with Gasteiger partial charge in [-0.15, -0.1) is 0 Å². The molecule has 0 radical (unpaired) electrons. The molecule has 0 fully saturated rings. The lowest BCUT2D eigenvalue weighted by Gasteiger charge is -1.87. The van der Waals surface area contributed by atoms with Crippen molar-refractivity contribution in [3.05, 3.63) is 17.3 Å². The van der Waals surface area contributed by atoms with Crippen molar-refractivity contribution in [1.82, 2.24) is 4.98 Å². The van der Waals surface area contributed by atoms with Gasteiger partial charge in [-0.1, -0.05) is 6.92 Å². The van der Waals surface area contributed by atoms with Crippen LogP contribution < -0.4 is 5.73 Å². The lowest BCUT2D eigenvalue weighted by Crippen LogP contribution is -1.98. The van der Waals surface area contributed by atoms with Crippen LogP contribution in [-0.2, 0) is 6.42 Å². The molecule has 0 aromatic carbocycles. The van der Waals surface area contributed by atoms with Crippen LogP contribution in [0.2, 0.25) is 0 Å². The molecule has 0 amide bonds. The standard InChI is InChI=1S/C7H10N2O2/c1-2-4-3-5(7(10)11)6(8)9-4/h3,9H,2,8H2,1H3,(H,10,11). The quantitative estimate of drug-likeness (QED) is 0.591. The molecule has 0 saturated carbocycles. The number of aromatic nitrogens is 1. The number of carbonyl (C=O) groups is 1. The fourth-order valence-corrected chi connectivity index (χ4v) is 0.896. The van der Waals surface area contributed by atoms with Crippen LogP contribution in [0.3, 0.4) is 0 Å². The molecule has 4 heteroatoms. The zero-order valence-electron chi connectivity index (χ0n) is 6.22. The number of rotatable bonds is 2. The summed E-state index contributed by atoms with van der Waals surface area (Å²) in [6.07, 6.45) is 0.761. The van der Waals surface area contributed by atoms with Crippen molar-refractivity contribution in [3.8, 4) is 0 Å².